The smallest absolute Gasteiger partial charge is 0.339 e. The molecule has 0 saturated carbocycles. The highest BCUT2D eigenvalue weighted by Crippen LogP contribution is 2.19. The van der Waals surface area contributed by atoms with Gasteiger partial charge in [-0.15, -0.1) is 0 Å². The SMILES string of the molecule is CC(C)(CC(N)=O)Nc1ncccc1C(=O)O. The van der Waals surface area contributed by atoms with E-state index in [-0.39, 0.29) is 17.8 Å². The Labute approximate surface area is 98.8 Å². The van der Waals surface area contributed by atoms with Crippen LogP contribution in [0.3, 0.4) is 0 Å². The van der Waals surface area contributed by atoms with E-state index < -0.39 is 17.4 Å². The number of carbonyl (C=O) groups is 2. The van der Waals surface area contributed by atoms with Crippen LogP contribution in [0.4, 0.5) is 5.82 Å². The largest absolute Gasteiger partial charge is 0.478 e. The van der Waals surface area contributed by atoms with Crippen molar-refractivity contribution < 1.29 is 14.7 Å². The van der Waals surface area contributed by atoms with Crippen molar-refractivity contribution in [2.75, 3.05) is 5.32 Å². The second kappa shape index (κ2) is 4.82. The zero-order chi connectivity index (χ0) is 13.1. The summed E-state index contributed by atoms with van der Waals surface area (Å²) in [4.78, 5) is 25.8. The number of nitrogens with two attached hydrogens (primary N) is 1. The van der Waals surface area contributed by atoms with E-state index in [1.54, 1.807) is 13.8 Å². The molecule has 0 aromatic carbocycles. The summed E-state index contributed by atoms with van der Waals surface area (Å²) in [5.74, 6) is -1.31. The quantitative estimate of drug-likeness (QED) is 0.703. The van der Waals surface area contributed by atoms with Crippen LogP contribution in [0.25, 0.3) is 0 Å². The number of aromatic nitrogens is 1. The number of amides is 1. The summed E-state index contributed by atoms with van der Waals surface area (Å²) in [5, 5.41) is 11.9. The van der Waals surface area contributed by atoms with Crippen LogP contribution in [0, 0.1) is 0 Å². The molecule has 0 aliphatic carbocycles. The molecule has 1 heterocycles. The summed E-state index contributed by atoms with van der Waals surface area (Å²) >= 11 is 0. The third-order valence-corrected chi connectivity index (χ3v) is 2.11. The first-order chi connectivity index (χ1) is 7.82. The number of pyridine rings is 1. The molecule has 6 nitrogen and oxygen atoms in total. The summed E-state index contributed by atoms with van der Waals surface area (Å²) < 4.78 is 0. The summed E-state index contributed by atoms with van der Waals surface area (Å²) in [7, 11) is 0. The van der Waals surface area contributed by atoms with Gasteiger partial charge in [-0.05, 0) is 26.0 Å². The molecule has 0 saturated heterocycles. The minimum atomic E-state index is -1.07. The van der Waals surface area contributed by atoms with Gasteiger partial charge in [0.15, 0.2) is 0 Å². The monoisotopic (exact) mass is 237 g/mol. The van der Waals surface area contributed by atoms with Crippen LogP contribution in [0.15, 0.2) is 18.3 Å². The van der Waals surface area contributed by atoms with E-state index in [9.17, 15) is 9.59 Å². The Balaban J connectivity index is 2.95. The maximum atomic E-state index is 11.0. The summed E-state index contributed by atoms with van der Waals surface area (Å²) in [6.45, 7) is 3.50. The second-order valence-electron chi connectivity index (χ2n) is 4.36. The third kappa shape index (κ3) is 3.75. The van der Waals surface area contributed by atoms with E-state index in [1.807, 2.05) is 0 Å². The molecule has 0 atom stereocenters. The molecule has 0 radical (unpaired) electrons. The van der Waals surface area contributed by atoms with Crippen LogP contribution < -0.4 is 11.1 Å². The zero-order valence-electron chi connectivity index (χ0n) is 9.73. The molecule has 0 aliphatic heterocycles. The number of hydrogen-bond donors (Lipinski definition) is 3. The Hall–Kier alpha value is -2.11. The van der Waals surface area contributed by atoms with Crippen molar-refractivity contribution in [3.05, 3.63) is 23.9 Å². The Morgan fingerprint density at radius 3 is 2.71 bits per heavy atom. The molecule has 17 heavy (non-hydrogen) atoms. The van der Waals surface area contributed by atoms with Crippen molar-refractivity contribution >= 4 is 17.7 Å². The molecular formula is C11H15N3O3. The van der Waals surface area contributed by atoms with Crippen LogP contribution in [-0.2, 0) is 4.79 Å². The first kappa shape index (κ1) is 13.0. The Bertz CT molecular complexity index is 443. The Morgan fingerprint density at radius 2 is 2.18 bits per heavy atom. The van der Waals surface area contributed by atoms with Gasteiger partial charge in [0.2, 0.25) is 5.91 Å². The second-order valence-corrected chi connectivity index (χ2v) is 4.36. The van der Waals surface area contributed by atoms with E-state index in [0.717, 1.165) is 0 Å². The van der Waals surface area contributed by atoms with Gasteiger partial charge in [0.25, 0.3) is 0 Å². The molecule has 0 aliphatic rings. The molecule has 92 valence electrons. The van der Waals surface area contributed by atoms with Crippen molar-refractivity contribution in [3.63, 3.8) is 0 Å². The van der Waals surface area contributed by atoms with E-state index in [2.05, 4.69) is 10.3 Å². The molecule has 0 bridgehead atoms. The summed E-state index contributed by atoms with van der Waals surface area (Å²) in [6.07, 6.45) is 1.57. The standard InChI is InChI=1S/C11H15N3O3/c1-11(2,6-8(12)15)14-9-7(10(16)17)4-3-5-13-9/h3-5H,6H2,1-2H3,(H2,12,15)(H,13,14)(H,16,17). The predicted molar refractivity (Wildman–Crippen MR) is 62.7 cm³/mol. The Morgan fingerprint density at radius 1 is 1.53 bits per heavy atom. The van der Waals surface area contributed by atoms with Crippen molar-refractivity contribution in [2.24, 2.45) is 5.73 Å². The molecule has 1 amide bonds. The highest BCUT2D eigenvalue weighted by atomic mass is 16.4. The van der Waals surface area contributed by atoms with Gasteiger partial charge in [-0.1, -0.05) is 0 Å². The molecule has 0 unspecified atom stereocenters. The fraction of sp³-hybridized carbons (Fsp3) is 0.364. The van der Waals surface area contributed by atoms with Crippen molar-refractivity contribution in [1.29, 1.82) is 0 Å². The van der Waals surface area contributed by atoms with E-state index in [4.69, 9.17) is 10.8 Å². The maximum absolute atomic E-state index is 11.0. The molecule has 6 heteroatoms. The number of primary amides is 1. The first-order valence-corrected chi connectivity index (χ1v) is 5.06. The molecule has 1 aromatic heterocycles. The van der Waals surface area contributed by atoms with Crippen molar-refractivity contribution in [2.45, 2.75) is 25.8 Å². The zero-order valence-corrected chi connectivity index (χ0v) is 9.73. The number of nitrogens with zero attached hydrogens (tertiary/aromatic N) is 1. The fourth-order valence-corrected chi connectivity index (χ4v) is 1.48. The molecule has 1 rings (SSSR count). The molecular weight excluding hydrogens is 222 g/mol. The summed E-state index contributed by atoms with van der Waals surface area (Å²) in [5.41, 5.74) is 4.53. The van der Waals surface area contributed by atoms with Crippen molar-refractivity contribution in [1.82, 2.24) is 4.98 Å². The van der Waals surface area contributed by atoms with Crippen LogP contribution in [-0.4, -0.2) is 27.5 Å². The lowest BCUT2D eigenvalue weighted by molar-refractivity contribution is -0.118. The number of rotatable bonds is 5. The topological polar surface area (TPSA) is 105 Å². The van der Waals surface area contributed by atoms with Gasteiger partial charge >= 0.3 is 5.97 Å². The minimum absolute atomic E-state index is 0.0602. The van der Waals surface area contributed by atoms with Crippen molar-refractivity contribution in [3.8, 4) is 0 Å². The van der Waals surface area contributed by atoms with Gasteiger partial charge in [-0.25, -0.2) is 9.78 Å². The van der Waals surface area contributed by atoms with Gasteiger partial charge < -0.3 is 16.2 Å². The van der Waals surface area contributed by atoms with Crippen LogP contribution >= 0.6 is 0 Å². The lowest BCUT2D eigenvalue weighted by Crippen LogP contribution is -2.36. The molecule has 1 aromatic rings. The maximum Gasteiger partial charge on any atom is 0.339 e. The number of carboxylic acids is 1. The number of carbonyl (C=O) groups excluding carboxylic acids is 1. The number of carboxylic acid groups (broad SMARTS) is 1. The normalized spacial score (nSPS) is 10.9. The van der Waals surface area contributed by atoms with E-state index in [1.165, 1.54) is 18.3 Å². The van der Waals surface area contributed by atoms with Gasteiger partial charge in [0, 0.05) is 18.2 Å². The average Bonchev–Trinajstić information content (AvgIpc) is 2.14. The molecule has 0 fully saturated rings. The third-order valence-electron chi connectivity index (χ3n) is 2.11. The lowest BCUT2D eigenvalue weighted by Gasteiger charge is -2.26. The highest BCUT2D eigenvalue weighted by Gasteiger charge is 2.23. The van der Waals surface area contributed by atoms with Gasteiger partial charge in [0.1, 0.15) is 11.4 Å². The number of aromatic carboxylic acids is 1. The van der Waals surface area contributed by atoms with Gasteiger partial charge in [-0.2, -0.15) is 0 Å². The van der Waals surface area contributed by atoms with Gasteiger partial charge in [0.05, 0.1) is 0 Å². The summed E-state index contributed by atoms with van der Waals surface area (Å²) in [6, 6.07) is 2.98. The molecule has 0 spiro atoms. The van der Waals surface area contributed by atoms with Crippen LogP contribution in [0.1, 0.15) is 30.6 Å². The minimum Gasteiger partial charge on any atom is -0.478 e. The number of anilines is 1. The van der Waals surface area contributed by atoms with Gasteiger partial charge in [-0.3, -0.25) is 4.79 Å². The molecule has 4 N–H and O–H groups in total. The van der Waals surface area contributed by atoms with Crippen LogP contribution in [0.5, 0.6) is 0 Å². The lowest BCUT2D eigenvalue weighted by atomic mass is 10.00. The van der Waals surface area contributed by atoms with E-state index in [0.29, 0.717) is 0 Å². The Kier molecular flexibility index (Phi) is 3.67. The predicted octanol–water partition coefficient (Wildman–Crippen LogP) is 0.846. The van der Waals surface area contributed by atoms with E-state index >= 15 is 0 Å². The first-order valence-electron chi connectivity index (χ1n) is 5.06. The van der Waals surface area contributed by atoms with Crippen LogP contribution in [0.2, 0.25) is 0 Å². The number of hydrogen-bond acceptors (Lipinski definition) is 4. The number of nitrogens with one attached hydrogen (secondary N) is 1. The average molecular weight is 237 g/mol. The fourth-order valence-electron chi connectivity index (χ4n) is 1.48. The highest BCUT2D eigenvalue weighted by molar-refractivity contribution is 5.93.